The third-order valence-electron chi connectivity index (χ3n) is 3.68. The summed E-state index contributed by atoms with van der Waals surface area (Å²) in [5, 5.41) is 9.00. The van der Waals surface area contributed by atoms with Crippen LogP contribution in [0.25, 0.3) is 10.9 Å². The van der Waals surface area contributed by atoms with E-state index in [2.05, 4.69) is 35.3 Å². The van der Waals surface area contributed by atoms with Crippen molar-refractivity contribution in [3.05, 3.63) is 59.0 Å². The monoisotopic (exact) mass is 342 g/mol. The molecular weight excluding hydrogens is 324 g/mol. The Morgan fingerprint density at radius 2 is 2.04 bits per heavy atom. The molecule has 0 aliphatic rings. The number of nitrogens with one attached hydrogen (secondary N) is 1. The van der Waals surface area contributed by atoms with Gasteiger partial charge in [-0.3, -0.25) is 9.48 Å². The van der Waals surface area contributed by atoms with Gasteiger partial charge in [-0.05, 0) is 24.1 Å². The second-order valence-electron chi connectivity index (χ2n) is 6.09. The predicted molar refractivity (Wildman–Crippen MR) is 95.0 cm³/mol. The van der Waals surface area contributed by atoms with Gasteiger partial charge in [0.05, 0.1) is 23.3 Å². The Labute approximate surface area is 145 Å². The van der Waals surface area contributed by atoms with Crippen LogP contribution in [0.3, 0.4) is 0 Å². The number of nitrogens with zero attached hydrogens (tertiary/aromatic N) is 3. The molecule has 1 N–H and O–H groups in total. The average molecular weight is 343 g/mol. The fourth-order valence-corrected chi connectivity index (χ4v) is 2.70. The summed E-state index contributed by atoms with van der Waals surface area (Å²) in [5.74, 6) is 0.303. The van der Waals surface area contributed by atoms with E-state index in [-0.39, 0.29) is 5.91 Å². The number of hydrogen-bond acceptors (Lipinski definition) is 3. The fraction of sp³-hybridized carbons (Fsp3) is 0.278. The van der Waals surface area contributed by atoms with Crippen molar-refractivity contribution in [3.8, 4) is 0 Å². The molecule has 6 heteroatoms. The summed E-state index contributed by atoms with van der Waals surface area (Å²) in [4.78, 5) is 16.1. The molecule has 0 bridgehead atoms. The van der Waals surface area contributed by atoms with E-state index in [0.717, 1.165) is 23.1 Å². The maximum Gasteiger partial charge on any atom is 0.253 e. The van der Waals surface area contributed by atoms with Gasteiger partial charge in [0.15, 0.2) is 0 Å². The van der Waals surface area contributed by atoms with E-state index >= 15 is 0 Å². The Morgan fingerprint density at radius 3 is 2.75 bits per heavy atom. The first kappa shape index (κ1) is 16.5. The Kier molecular flexibility index (Phi) is 4.81. The van der Waals surface area contributed by atoms with Crippen molar-refractivity contribution in [2.24, 2.45) is 5.92 Å². The van der Waals surface area contributed by atoms with Crippen LogP contribution < -0.4 is 5.32 Å². The minimum absolute atomic E-state index is 0.193. The zero-order chi connectivity index (χ0) is 17.1. The number of benzene rings is 1. The lowest BCUT2D eigenvalue weighted by Crippen LogP contribution is -2.23. The molecular formula is C18H19ClN4O. The van der Waals surface area contributed by atoms with E-state index in [0.29, 0.717) is 23.2 Å². The number of carbonyl (C=O) groups excluding carboxylic acids is 1. The van der Waals surface area contributed by atoms with E-state index in [9.17, 15) is 4.79 Å². The molecule has 0 aliphatic heterocycles. The van der Waals surface area contributed by atoms with Gasteiger partial charge in [-0.25, -0.2) is 4.98 Å². The minimum Gasteiger partial charge on any atom is -0.346 e. The van der Waals surface area contributed by atoms with Gasteiger partial charge in [-0.15, -0.1) is 0 Å². The van der Waals surface area contributed by atoms with Crippen molar-refractivity contribution < 1.29 is 4.79 Å². The van der Waals surface area contributed by atoms with Crippen LogP contribution in [0.1, 0.15) is 29.9 Å². The zero-order valence-corrected chi connectivity index (χ0v) is 14.4. The molecule has 124 valence electrons. The van der Waals surface area contributed by atoms with Crippen LogP contribution in [-0.4, -0.2) is 20.7 Å². The van der Waals surface area contributed by atoms with E-state index in [1.54, 1.807) is 12.1 Å². The summed E-state index contributed by atoms with van der Waals surface area (Å²) in [7, 11) is 0. The largest absolute Gasteiger partial charge is 0.346 e. The highest BCUT2D eigenvalue weighted by Gasteiger charge is 2.13. The van der Waals surface area contributed by atoms with Gasteiger partial charge in [-0.1, -0.05) is 43.6 Å². The molecule has 0 atom stereocenters. The van der Waals surface area contributed by atoms with Gasteiger partial charge < -0.3 is 5.32 Å². The molecule has 1 amide bonds. The highest BCUT2D eigenvalue weighted by molar-refractivity contribution is 6.29. The zero-order valence-electron chi connectivity index (χ0n) is 13.7. The molecule has 0 fully saturated rings. The molecule has 0 spiro atoms. The van der Waals surface area contributed by atoms with Crippen molar-refractivity contribution >= 4 is 28.4 Å². The van der Waals surface area contributed by atoms with E-state index in [1.165, 1.54) is 6.20 Å². The topological polar surface area (TPSA) is 59.8 Å². The third-order valence-corrected chi connectivity index (χ3v) is 3.90. The summed E-state index contributed by atoms with van der Waals surface area (Å²) in [5.41, 5.74) is 2.43. The molecule has 24 heavy (non-hydrogen) atoms. The molecule has 0 radical (unpaired) electrons. The van der Waals surface area contributed by atoms with E-state index in [1.807, 2.05) is 22.9 Å². The second kappa shape index (κ2) is 7.01. The number of aromatic nitrogens is 3. The van der Waals surface area contributed by atoms with Gasteiger partial charge in [0, 0.05) is 18.1 Å². The molecule has 1 aromatic carbocycles. The van der Waals surface area contributed by atoms with Crippen molar-refractivity contribution in [1.29, 1.82) is 0 Å². The molecule has 0 saturated carbocycles. The number of carbonyl (C=O) groups is 1. The van der Waals surface area contributed by atoms with Crippen LogP contribution >= 0.6 is 11.6 Å². The van der Waals surface area contributed by atoms with Crippen LogP contribution in [0.2, 0.25) is 5.15 Å². The first-order valence-corrected chi connectivity index (χ1v) is 8.26. The normalized spacial score (nSPS) is 11.2. The van der Waals surface area contributed by atoms with E-state index in [4.69, 9.17) is 11.6 Å². The molecule has 0 unspecified atom stereocenters. The Balaban J connectivity index is 1.80. The highest BCUT2D eigenvalue weighted by Crippen LogP contribution is 2.19. The fourth-order valence-electron chi connectivity index (χ4n) is 2.59. The SMILES string of the molecule is CC(C)Cn1nc(CNC(=O)c2ccc(Cl)nc2)c2ccccc21. The van der Waals surface area contributed by atoms with Crippen LogP contribution in [-0.2, 0) is 13.1 Å². The lowest BCUT2D eigenvalue weighted by atomic mass is 10.2. The number of para-hydroxylation sites is 1. The molecule has 2 heterocycles. The number of halogens is 1. The van der Waals surface area contributed by atoms with Gasteiger partial charge >= 0.3 is 0 Å². The number of amides is 1. The van der Waals surface area contributed by atoms with Gasteiger partial charge in [0.25, 0.3) is 5.91 Å². The Morgan fingerprint density at radius 1 is 1.25 bits per heavy atom. The van der Waals surface area contributed by atoms with Crippen LogP contribution in [0.15, 0.2) is 42.6 Å². The number of hydrogen-bond donors (Lipinski definition) is 1. The average Bonchev–Trinajstić information content (AvgIpc) is 2.91. The van der Waals surface area contributed by atoms with Crippen LogP contribution in [0, 0.1) is 5.92 Å². The van der Waals surface area contributed by atoms with E-state index < -0.39 is 0 Å². The molecule has 0 aliphatic carbocycles. The van der Waals surface area contributed by atoms with Crippen LogP contribution in [0.4, 0.5) is 0 Å². The molecule has 5 nitrogen and oxygen atoms in total. The smallest absolute Gasteiger partial charge is 0.253 e. The summed E-state index contributed by atoms with van der Waals surface area (Å²) in [6.07, 6.45) is 1.47. The number of fused-ring (bicyclic) bond motifs is 1. The summed E-state index contributed by atoms with van der Waals surface area (Å²) in [6, 6.07) is 11.3. The van der Waals surface area contributed by atoms with Crippen molar-refractivity contribution in [2.45, 2.75) is 26.9 Å². The molecule has 2 aromatic heterocycles. The summed E-state index contributed by atoms with van der Waals surface area (Å²) in [6.45, 7) is 5.53. The summed E-state index contributed by atoms with van der Waals surface area (Å²) >= 11 is 5.74. The number of rotatable bonds is 5. The Bertz CT molecular complexity index is 855. The van der Waals surface area contributed by atoms with Gasteiger partial charge in [0.1, 0.15) is 5.15 Å². The van der Waals surface area contributed by atoms with Gasteiger partial charge in [0.2, 0.25) is 0 Å². The quantitative estimate of drug-likeness (QED) is 0.720. The molecule has 3 rings (SSSR count). The maximum atomic E-state index is 12.2. The lowest BCUT2D eigenvalue weighted by Gasteiger charge is -2.06. The lowest BCUT2D eigenvalue weighted by molar-refractivity contribution is 0.0950. The van der Waals surface area contributed by atoms with Crippen LogP contribution in [0.5, 0.6) is 0 Å². The molecule has 3 aromatic rings. The van der Waals surface area contributed by atoms with Crippen molar-refractivity contribution in [3.63, 3.8) is 0 Å². The van der Waals surface area contributed by atoms with Gasteiger partial charge in [-0.2, -0.15) is 5.10 Å². The first-order valence-electron chi connectivity index (χ1n) is 7.89. The first-order chi connectivity index (χ1) is 11.5. The van der Waals surface area contributed by atoms with Crippen molar-refractivity contribution in [1.82, 2.24) is 20.1 Å². The number of pyridine rings is 1. The third kappa shape index (κ3) is 3.57. The highest BCUT2D eigenvalue weighted by atomic mass is 35.5. The standard InChI is InChI=1S/C18H19ClN4O/c1-12(2)11-23-16-6-4-3-5-14(16)15(22-23)10-21-18(24)13-7-8-17(19)20-9-13/h3-9,12H,10-11H2,1-2H3,(H,21,24). The second-order valence-corrected chi connectivity index (χ2v) is 6.48. The summed E-state index contributed by atoms with van der Waals surface area (Å²) < 4.78 is 2.01. The Hall–Kier alpha value is -2.40. The maximum absolute atomic E-state index is 12.2. The molecule has 0 saturated heterocycles. The predicted octanol–water partition coefficient (Wildman–Crippen LogP) is 3.67. The van der Waals surface area contributed by atoms with Crippen molar-refractivity contribution in [2.75, 3.05) is 0 Å². The minimum atomic E-state index is -0.193.